The summed E-state index contributed by atoms with van der Waals surface area (Å²) < 4.78 is 25.9. The Kier molecular flexibility index (Phi) is 5.80. The van der Waals surface area contributed by atoms with Crippen molar-refractivity contribution >= 4 is 33.0 Å². The zero-order chi connectivity index (χ0) is 21.3. The van der Waals surface area contributed by atoms with E-state index >= 15 is 0 Å². The van der Waals surface area contributed by atoms with E-state index in [9.17, 15) is 18.0 Å². The fraction of sp³-hybridized carbons (Fsp3) is 0.364. The monoisotopic (exact) mass is 414 g/mol. The lowest BCUT2D eigenvalue weighted by Crippen LogP contribution is -2.26. The quantitative estimate of drug-likeness (QED) is 0.813. The van der Waals surface area contributed by atoms with E-state index in [4.69, 9.17) is 0 Å². The Morgan fingerprint density at radius 3 is 2.48 bits per heavy atom. The number of rotatable bonds is 5. The van der Waals surface area contributed by atoms with Gasteiger partial charge in [-0.1, -0.05) is 6.07 Å². The molecule has 0 saturated carbocycles. The Bertz CT molecular complexity index is 1080. The van der Waals surface area contributed by atoms with Crippen molar-refractivity contribution in [3.63, 3.8) is 0 Å². The minimum absolute atomic E-state index is 0.0595. The number of benzene rings is 2. The maximum absolute atomic E-state index is 13.0. The average molecular weight is 415 g/mol. The molecule has 2 aromatic carbocycles. The highest BCUT2D eigenvalue weighted by Crippen LogP contribution is 2.31. The Morgan fingerprint density at radius 1 is 1.10 bits per heavy atom. The van der Waals surface area contributed by atoms with Gasteiger partial charge in [0.25, 0.3) is 0 Å². The SMILES string of the molecule is CC(=O)N1CCc2cc(S(=O)(=O)C(C)CC(=O)Nc3ccc(C)c(C)c3)ccc21. The molecule has 1 aliphatic rings. The second-order valence-corrected chi connectivity index (χ2v) is 9.98. The minimum Gasteiger partial charge on any atom is -0.326 e. The van der Waals surface area contributed by atoms with Crippen LogP contribution in [0.3, 0.4) is 0 Å². The van der Waals surface area contributed by atoms with Crippen LogP contribution in [0.5, 0.6) is 0 Å². The van der Waals surface area contributed by atoms with Crippen molar-refractivity contribution in [1.29, 1.82) is 0 Å². The molecule has 1 aliphatic heterocycles. The topological polar surface area (TPSA) is 83.6 Å². The van der Waals surface area contributed by atoms with Crippen LogP contribution in [0.4, 0.5) is 11.4 Å². The van der Waals surface area contributed by atoms with Crippen molar-refractivity contribution < 1.29 is 18.0 Å². The maximum atomic E-state index is 13.0. The smallest absolute Gasteiger partial charge is 0.225 e. The standard InChI is InChI=1S/C22H26N2O4S/c1-14-5-6-19(11-15(14)2)23-22(26)12-16(3)29(27,28)20-7-8-21-18(13-20)9-10-24(21)17(4)25/h5-8,11,13,16H,9-10,12H2,1-4H3,(H,23,26). The van der Waals surface area contributed by atoms with E-state index < -0.39 is 15.1 Å². The first-order chi connectivity index (χ1) is 13.6. The molecule has 2 amide bonds. The van der Waals surface area contributed by atoms with Crippen LogP contribution in [0, 0.1) is 13.8 Å². The van der Waals surface area contributed by atoms with Gasteiger partial charge in [0.1, 0.15) is 0 Å². The van der Waals surface area contributed by atoms with Gasteiger partial charge >= 0.3 is 0 Å². The molecular formula is C22H26N2O4S. The molecule has 154 valence electrons. The third kappa shape index (κ3) is 4.34. The molecule has 0 aromatic heterocycles. The van der Waals surface area contributed by atoms with E-state index in [-0.39, 0.29) is 23.1 Å². The van der Waals surface area contributed by atoms with Crippen LogP contribution in [0.25, 0.3) is 0 Å². The van der Waals surface area contributed by atoms with Crippen LogP contribution in [-0.2, 0) is 25.8 Å². The number of amides is 2. The summed E-state index contributed by atoms with van der Waals surface area (Å²) in [6.45, 7) is 7.55. The number of hydrogen-bond acceptors (Lipinski definition) is 4. The number of fused-ring (bicyclic) bond motifs is 1. The predicted octanol–water partition coefficient (Wildman–Crippen LogP) is 3.40. The first kappa shape index (κ1) is 21.0. The van der Waals surface area contributed by atoms with Crippen LogP contribution in [0.1, 0.15) is 37.0 Å². The lowest BCUT2D eigenvalue weighted by atomic mass is 10.1. The first-order valence-corrected chi connectivity index (χ1v) is 11.2. The molecule has 0 spiro atoms. The first-order valence-electron chi connectivity index (χ1n) is 9.61. The highest BCUT2D eigenvalue weighted by molar-refractivity contribution is 7.92. The molecule has 0 saturated heterocycles. The van der Waals surface area contributed by atoms with E-state index in [2.05, 4.69) is 5.32 Å². The predicted molar refractivity (Wildman–Crippen MR) is 114 cm³/mol. The summed E-state index contributed by atoms with van der Waals surface area (Å²) in [5.41, 5.74) is 4.44. The summed E-state index contributed by atoms with van der Waals surface area (Å²) in [5.74, 6) is -0.399. The lowest BCUT2D eigenvalue weighted by molar-refractivity contribution is -0.117. The van der Waals surface area contributed by atoms with Crippen LogP contribution in [-0.4, -0.2) is 32.0 Å². The number of sulfone groups is 1. The van der Waals surface area contributed by atoms with E-state index in [1.54, 1.807) is 30.0 Å². The van der Waals surface area contributed by atoms with Gasteiger partial charge in [-0.05, 0) is 74.2 Å². The number of hydrogen-bond donors (Lipinski definition) is 1. The third-order valence-electron chi connectivity index (χ3n) is 5.45. The molecule has 7 heteroatoms. The van der Waals surface area contributed by atoms with Gasteiger partial charge in [-0.2, -0.15) is 0 Å². The molecule has 2 aromatic rings. The van der Waals surface area contributed by atoms with Crippen molar-refractivity contribution in [3.05, 3.63) is 53.1 Å². The summed E-state index contributed by atoms with van der Waals surface area (Å²) in [7, 11) is -3.66. The van der Waals surface area contributed by atoms with E-state index in [0.717, 1.165) is 22.4 Å². The molecule has 0 aliphatic carbocycles. The molecule has 1 unspecified atom stereocenters. The number of anilines is 2. The zero-order valence-electron chi connectivity index (χ0n) is 17.2. The van der Waals surface area contributed by atoms with Gasteiger partial charge < -0.3 is 10.2 Å². The fourth-order valence-corrected chi connectivity index (χ4v) is 4.92. The normalized spacial score (nSPS) is 14.4. The van der Waals surface area contributed by atoms with Gasteiger partial charge in [-0.3, -0.25) is 9.59 Å². The summed E-state index contributed by atoms with van der Waals surface area (Å²) in [6.07, 6.45) is 0.492. The lowest BCUT2D eigenvalue weighted by Gasteiger charge is -2.16. The molecule has 29 heavy (non-hydrogen) atoms. The van der Waals surface area contributed by atoms with Crippen LogP contribution < -0.4 is 10.2 Å². The average Bonchev–Trinajstić information content (AvgIpc) is 3.08. The molecule has 0 bridgehead atoms. The van der Waals surface area contributed by atoms with E-state index in [1.807, 2.05) is 26.0 Å². The number of nitrogens with zero attached hydrogens (tertiary/aromatic N) is 1. The van der Waals surface area contributed by atoms with Gasteiger partial charge in [0.05, 0.1) is 10.1 Å². The van der Waals surface area contributed by atoms with Gasteiger partial charge in [0, 0.05) is 31.3 Å². The summed E-state index contributed by atoms with van der Waals surface area (Å²) in [6, 6.07) is 10.4. The van der Waals surface area contributed by atoms with Crippen LogP contribution >= 0.6 is 0 Å². The number of carbonyl (C=O) groups excluding carboxylic acids is 2. The van der Waals surface area contributed by atoms with E-state index in [1.165, 1.54) is 13.0 Å². The highest BCUT2D eigenvalue weighted by atomic mass is 32.2. The van der Waals surface area contributed by atoms with Crippen molar-refractivity contribution in [1.82, 2.24) is 0 Å². The van der Waals surface area contributed by atoms with Gasteiger partial charge in [-0.15, -0.1) is 0 Å². The molecule has 0 radical (unpaired) electrons. The Labute approximate surface area is 171 Å². The van der Waals surface area contributed by atoms with Crippen molar-refractivity contribution in [2.45, 2.75) is 50.7 Å². The highest BCUT2D eigenvalue weighted by Gasteiger charge is 2.29. The minimum atomic E-state index is -3.66. The van der Waals surface area contributed by atoms with Crippen LogP contribution in [0.2, 0.25) is 0 Å². The second-order valence-electron chi connectivity index (χ2n) is 7.62. The number of nitrogens with one attached hydrogen (secondary N) is 1. The van der Waals surface area contributed by atoms with Crippen LogP contribution in [0.15, 0.2) is 41.3 Å². The zero-order valence-corrected chi connectivity index (χ0v) is 18.0. The molecule has 6 nitrogen and oxygen atoms in total. The third-order valence-corrected chi connectivity index (χ3v) is 7.59. The Balaban J connectivity index is 1.73. The maximum Gasteiger partial charge on any atom is 0.225 e. The largest absolute Gasteiger partial charge is 0.326 e. The summed E-state index contributed by atoms with van der Waals surface area (Å²) in [5, 5.41) is 1.91. The molecule has 1 N–H and O–H groups in total. The second kappa shape index (κ2) is 7.99. The molecule has 1 atom stereocenters. The van der Waals surface area contributed by atoms with Gasteiger partial charge in [-0.25, -0.2) is 8.42 Å². The fourth-order valence-electron chi connectivity index (χ4n) is 3.52. The molecule has 0 fully saturated rings. The van der Waals surface area contributed by atoms with E-state index in [0.29, 0.717) is 18.7 Å². The summed E-state index contributed by atoms with van der Waals surface area (Å²) in [4.78, 5) is 25.9. The summed E-state index contributed by atoms with van der Waals surface area (Å²) >= 11 is 0. The Hall–Kier alpha value is -2.67. The molecule has 3 rings (SSSR count). The molecule has 1 heterocycles. The van der Waals surface area contributed by atoms with Gasteiger partial charge in [0.2, 0.25) is 11.8 Å². The Morgan fingerprint density at radius 2 is 1.83 bits per heavy atom. The van der Waals surface area contributed by atoms with Crippen molar-refractivity contribution in [3.8, 4) is 0 Å². The van der Waals surface area contributed by atoms with Crippen molar-refractivity contribution in [2.75, 3.05) is 16.8 Å². The van der Waals surface area contributed by atoms with Gasteiger partial charge in [0.15, 0.2) is 9.84 Å². The van der Waals surface area contributed by atoms with Crippen molar-refractivity contribution in [2.24, 2.45) is 0 Å². The number of carbonyl (C=O) groups is 2. The number of aryl methyl sites for hydroxylation is 2. The molecular weight excluding hydrogens is 388 g/mol.